The number of amidine groups is 1. The van der Waals surface area contributed by atoms with Crippen molar-refractivity contribution >= 4 is 23.8 Å². The molecular formula is C14H17N7. The summed E-state index contributed by atoms with van der Waals surface area (Å²) >= 11 is 0. The first-order valence-electron chi connectivity index (χ1n) is 6.42. The number of rotatable bonds is 2. The Labute approximate surface area is 122 Å². The van der Waals surface area contributed by atoms with E-state index in [2.05, 4.69) is 44.0 Å². The molecule has 1 aromatic heterocycles. The van der Waals surface area contributed by atoms with Crippen LogP contribution in [0.2, 0.25) is 0 Å². The standard InChI is InChI=1S/C9H10N2.C5H7N5/c1-2-4-8(5-3-1)9-10-6-7-11-9;1-2-3-8-4(6)10-5(7)9-3/h1-5H,6-7H2,(H,10,11);2H,1H2,(H4,6,7,8,9,10). The van der Waals surface area contributed by atoms with Crippen molar-refractivity contribution in [3.63, 3.8) is 0 Å². The quantitative estimate of drug-likeness (QED) is 0.748. The Morgan fingerprint density at radius 3 is 2.24 bits per heavy atom. The molecule has 5 N–H and O–H groups in total. The van der Waals surface area contributed by atoms with E-state index in [1.807, 2.05) is 18.2 Å². The van der Waals surface area contributed by atoms with Crippen LogP contribution in [0.15, 0.2) is 41.9 Å². The predicted octanol–water partition coefficient (Wildman–Crippen LogP) is 0.715. The van der Waals surface area contributed by atoms with Gasteiger partial charge < -0.3 is 16.8 Å². The second-order valence-electron chi connectivity index (χ2n) is 4.14. The van der Waals surface area contributed by atoms with Crippen molar-refractivity contribution in [2.45, 2.75) is 0 Å². The first-order valence-corrected chi connectivity index (χ1v) is 6.42. The summed E-state index contributed by atoms with van der Waals surface area (Å²) < 4.78 is 0. The third-order valence-corrected chi connectivity index (χ3v) is 2.59. The van der Waals surface area contributed by atoms with Crippen molar-refractivity contribution in [3.8, 4) is 0 Å². The van der Waals surface area contributed by atoms with Gasteiger partial charge in [0.1, 0.15) is 5.84 Å². The summed E-state index contributed by atoms with van der Waals surface area (Å²) in [7, 11) is 0. The van der Waals surface area contributed by atoms with E-state index in [4.69, 9.17) is 11.5 Å². The average Bonchev–Trinajstić information content (AvgIpc) is 3.02. The van der Waals surface area contributed by atoms with Crippen LogP contribution in [-0.2, 0) is 0 Å². The minimum atomic E-state index is 0.113. The number of aliphatic imine (C=N–C) groups is 1. The van der Waals surface area contributed by atoms with E-state index in [1.54, 1.807) is 0 Å². The van der Waals surface area contributed by atoms with Crippen LogP contribution in [0.5, 0.6) is 0 Å². The van der Waals surface area contributed by atoms with E-state index < -0.39 is 0 Å². The van der Waals surface area contributed by atoms with Crippen LogP contribution in [-0.4, -0.2) is 33.9 Å². The van der Waals surface area contributed by atoms with Gasteiger partial charge in [-0.25, -0.2) is 0 Å². The number of benzene rings is 1. The number of nitrogens with zero attached hydrogens (tertiary/aromatic N) is 4. The molecule has 2 heterocycles. The zero-order valence-electron chi connectivity index (χ0n) is 11.5. The molecule has 1 aliphatic rings. The van der Waals surface area contributed by atoms with Gasteiger partial charge in [0, 0.05) is 12.1 Å². The molecule has 0 bridgehead atoms. The molecule has 0 amide bonds. The molecule has 0 aliphatic carbocycles. The normalized spacial score (nSPS) is 12.7. The van der Waals surface area contributed by atoms with E-state index in [9.17, 15) is 0 Å². The van der Waals surface area contributed by atoms with Crippen molar-refractivity contribution in [2.75, 3.05) is 24.6 Å². The first-order chi connectivity index (χ1) is 10.2. The second kappa shape index (κ2) is 6.99. The largest absolute Gasteiger partial charge is 0.368 e. The van der Waals surface area contributed by atoms with Crippen molar-refractivity contribution < 1.29 is 0 Å². The lowest BCUT2D eigenvalue weighted by atomic mass is 10.2. The van der Waals surface area contributed by atoms with Crippen LogP contribution in [0.3, 0.4) is 0 Å². The van der Waals surface area contributed by atoms with Gasteiger partial charge in [0.05, 0.1) is 6.54 Å². The first kappa shape index (κ1) is 14.4. The van der Waals surface area contributed by atoms with Crippen molar-refractivity contribution in [1.29, 1.82) is 0 Å². The van der Waals surface area contributed by atoms with Gasteiger partial charge >= 0.3 is 0 Å². The average molecular weight is 283 g/mol. The van der Waals surface area contributed by atoms with Gasteiger partial charge in [0.15, 0.2) is 5.82 Å². The van der Waals surface area contributed by atoms with Gasteiger partial charge in [-0.2, -0.15) is 15.0 Å². The van der Waals surface area contributed by atoms with Crippen LogP contribution < -0.4 is 16.8 Å². The number of aromatic nitrogens is 3. The molecule has 1 aromatic carbocycles. The van der Waals surface area contributed by atoms with Crippen LogP contribution in [0.25, 0.3) is 6.08 Å². The summed E-state index contributed by atoms with van der Waals surface area (Å²) in [5.74, 6) is 1.65. The predicted molar refractivity (Wildman–Crippen MR) is 84.6 cm³/mol. The van der Waals surface area contributed by atoms with Crippen molar-refractivity contribution in [3.05, 3.63) is 48.3 Å². The molecule has 7 nitrogen and oxygen atoms in total. The highest BCUT2D eigenvalue weighted by molar-refractivity contribution is 5.99. The van der Waals surface area contributed by atoms with E-state index in [0.717, 1.165) is 18.9 Å². The summed E-state index contributed by atoms with van der Waals surface area (Å²) in [5.41, 5.74) is 11.7. The lowest BCUT2D eigenvalue weighted by Gasteiger charge is -1.99. The number of hydrogen-bond acceptors (Lipinski definition) is 7. The number of nitrogen functional groups attached to an aromatic ring is 2. The fourth-order valence-electron chi connectivity index (χ4n) is 1.71. The summed E-state index contributed by atoms with van der Waals surface area (Å²) in [6, 6.07) is 10.2. The lowest BCUT2D eigenvalue weighted by molar-refractivity contribution is 0.960. The van der Waals surface area contributed by atoms with Gasteiger partial charge in [-0.15, -0.1) is 0 Å². The maximum Gasteiger partial charge on any atom is 0.225 e. The highest BCUT2D eigenvalue weighted by atomic mass is 15.1. The fraction of sp³-hybridized carbons (Fsp3) is 0.143. The van der Waals surface area contributed by atoms with E-state index >= 15 is 0 Å². The third kappa shape index (κ3) is 4.27. The van der Waals surface area contributed by atoms with Crippen LogP contribution in [0, 0.1) is 0 Å². The van der Waals surface area contributed by atoms with Gasteiger partial charge in [-0.05, 0) is 6.08 Å². The minimum Gasteiger partial charge on any atom is -0.368 e. The van der Waals surface area contributed by atoms with Crippen molar-refractivity contribution in [1.82, 2.24) is 20.3 Å². The van der Waals surface area contributed by atoms with Gasteiger partial charge in [0.25, 0.3) is 0 Å². The molecule has 21 heavy (non-hydrogen) atoms. The second-order valence-corrected chi connectivity index (χ2v) is 4.14. The lowest BCUT2D eigenvalue weighted by Crippen LogP contribution is -2.19. The molecular weight excluding hydrogens is 266 g/mol. The highest BCUT2D eigenvalue weighted by Gasteiger charge is 2.05. The van der Waals surface area contributed by atoms with Gasteiger partial charge in [-0.1, -0.05) is 36.9 Å². The molecule has 0 saturated heterocycles. The Hall–Kier alpha value is -2.96. The molecule has 3 rings (SSSR count). The minimum absolute atomic E-state index is 0.113. The Morgan fingerprint density at radius 2 is 1.71 bits per heavy atom. The fourth-order valence-corrected chi connectivity index (χ4v) is 1.71. The molecule has 7 heteroatoms. The van der Waals surface area contributed by atoms with Crippen LogP contribution in [0.1, 0.15) is 11.4 Å². The molecule has 0 unspecified atom stereocenters. The summed E-state index contributed by atoms with van der Waals surface area (Å²) in [5, 5.41) is 3.22. The topological polar surface area (TPSA) is 115 Å². The smallest absolute Gasteiger partial charge is 0.225 e. The molecule has 0 fully saturated rings. The zero-order chi connectivity index (χ0) is 15.1. The summed E-state index contributed by atoms with van der Waals surface area (Å²) in [4.78, 5) is 15.3. The van der Waals surface area contributed by atoms with Gasteiger partial charge in [-0.3, -0.25) is 4.99 Å². The van der Waals surface area contributed by atoms with Crippen LogP contribution in [0.4, 0.5) is 11.9 Å². The number of nitrogens with two attached hydrogens (primary N) is 2. The number of nitrogens with one attached hydrogen (secondary N) is 1. The zero-order valence-corrected chi connectivity index (χ0v) is 11.5. The maximum absolute atomic E-state index is 5.24. The molecule has 0 radical (unpaired) electrons. The van der Waals surface area contributed by atoms with E-state index in [0.29, 0.717) is 5.82 Å². The molecule has 1 aliphatic heterocycles. The summed E-state index contributed by atoms with van der Waals surface area (Å²) in [6.45, 7) is 5.33. The maximum atomic E-state index is 5.24. The number of hydrogen-bond donors (Lipinski definition) is 3. The highest BCUT2D eigenvalue weighted by Crippen LogP contribution is 2.01. The monoisotopic (exact) mass is 283 g/mol. The van der Waals surface area contributed by atoms with E-state index in [-0.39, 0.29) is 11.9 Å². The Bertz CT molecular complexity index is 617. The van der Waals surface area contributed by atoms with Crippen molar-refractivity contribution in [2.24, 2.45) is 4.99 Å². The molecule has 0 saturated carbocycles. The SMILES string of the molecule is C=Cc1nc(N)nc(N)n1.c1ccc(C2=NCCN2)cc1. The molecule has 0 atom stereocenters. The Morgan fingerprint density at radius 1 is 1.05 bits per heavy atom. The Balaban J connectivity index is 0.000000155. The number of anilines is 2. The summed E-state index contributed by atoms with van der Waals surface area (Å²) in [6.07, 6.45) is 1.45. The third-order valence-electron chi connectivity index (χ3n) is 2.59. The molecule has 108 valence electrons. The van der Waals surface area contributed by atoms with Crippen LogP contribution >= 0.6 is 0 Å². The van der Waals surface area contributed by atoms with E-state index in [1.165, 1.54) is 11.6 Å². The molecule has 2 aromatic rings. The molecule has 0 spiro atoms. The van der Waals surface area contributed by atoms with Gasteiger partial charge in [0.2, 0.25) is 11.9 Å². The Kier molecular flexibility index (Phi) is 4.81.